The third-order valence-electron chi connectivity index (χ3n) is 5.65. The molecule has 2 heterocycles. The maximum absolute atomic E-state index is 11.5. The highest BCUT2D eigenvalue weighted by Crippen LogP contribution is 2.34. The molecule has 0 saturated heterocycles. The molecule has 40 heavy (non-hydrogen) atoms. The summed E-state index contributed by atoms with van der Waals surface area (Å²) in [5, 5.41) is 17.1. The van der Waals surface area contributed by atoms with Gasteiger partial charge >= 0.3 is 0 Å². The fraction of sp³-hybridized carbons (Fsp3) is 0.111. The molecule has 2 aromatic heterocycles. The minimum Gasteiger partial charge on any atom is -0.360 e. The molecule has 0 bridgehead atoms. The Morgan fingerprint density at radius 1 is 0.775 bits per heavy atom. The Kier molecular flexibility index (Phi) is 8.95. The lowest BCUT2D eigenvalue weighted by molar-refractivity contribution is 0.400. The summed E-state index contributed by atoms with van der Waals surface area (Å²) in [6.07, 6.45) is 0. The highest BCUT2D eigenvalue weighted by molar-refractivity contribution is 7.89. The molecule has 210 valence electrons. The molecule has 0 spiro atoms. The molecule has 11 nitrogen and oxygen atoms in total. The number of H-pyrrole nitrogens is 1. The number of aryl methyl sites for hydroxylation is 2. The van der Waals surface area contributed by atoms with Gasteiger partial charge in [-0.1, -0.05) is 55.0 Å². The Hall–Kier alpha value is -4.30. The SMILES string of the molecule is C.Cc1cc(=O)n(-c2ccc(S(N)(=O)=O)cc2)[nH]1.Cc1onc(-c2ccccc2)c1-c1ccc(S(N)(=O)=O)cc1. The number of nitrogens with two attached hydrogens (primary N) is 2. The van der Waals surface area contributed by atoms with Gasteiger partial charge in [-0.05, 0) is 55.8 Å². The average molecular weight is 584 g/mol. The quantitative estimate of drug-likeness (QED) is 0.281. The highest BCUT2D eigenvalue weighted by atomic mass is 32.2. The Bertz CT molecular complexity index is 1870. The summed E-state index contributed by atoms with van der Waals surface area (Å²) in [4.78, 5) is 11.6. The molecule has 5 aromatic rings. The van der Waals surface area contributed by atoms with Crippen LogP contribution in [0.2, 0.25) is 0 Å². The number of primary sulfonamides is 2. The van der Waals surface area contributed by atoms with Crippen LogP contribution in [0.3, 0.4) is 0 Å². The number of hydrogen-bond donors (Lipinski definition) is 3. The second kappa shape index (κ2) is 11.8. The van der Waals surface area contributed by atoms with E-state index in [0.29, 0.717) is 11.4 Å². The molecular formula is C27H29N5O6S2. The molecule has 0 aliphatic rings. The topological polar surface area (TPSA) is 184 Å². The van der Waals surface area contributed by atoms with E-state index in [4.69, 9.17) is 14.8 Å². The first-order chi connectivity index (χ1) is 18.3. The van der Waals surface area contributed by atoms with Crippen molar-refractivity contribution < 1.29 is 21.4 Å². The fourth-order valence-electron chi connectivity index (χ4n) is 3.81. The summed E-state index contributed by atoms with van der Waals surface area (Å²) in [7, 11) is -7.40. The molecular weight excluding hydrogens is 554 g/mol. The van der Waals surface area contributed by atoms with Crippen LogP contribution in [0.25, 0.3) is 28.1 Å². The van der Waals surface area contributed by atoms with Gasteiger partial charge in [-0.25, -0.2) is 31.8 Å². The van der Waals surface area contributed by atoms with Gasteiger partial charge < -0.3 is 4.52 Å². The van der Waals surface area contributed by atoms with Crippen LogP contribution in [0.15, 0.2) is 104 Å². The van der Waals surface area contributed by atoms with E-state index in [9.17, 15) is 21.6 Å². The first-order valence-electron chi connectivity index (χ1n) is 11.4. The number of benzene rings is 3. The van der Waals surface area contributed by atoms with Crippen molar-refractivity contribution in [2.45, 2.75) is 31.1 Å². The maximum Gasteiger partial charge on any atom is 0.271 e. The first-order valence-corrected chi connectivity index (χ1v) is 14.5. The van der Waals surface area contributed by atoms with Gasteiger partial charge in [-0.2, -0.15) is 0 Å². The standard InChI is InChI=1S/C16H14N2O3S.C10H11N3O3S.CH4/c1-11-15(12-7-9-14(10-8-12)22(17,19)20)16(18-21-11)13-5-3-2-4-6-13;1-7-6-10(14)13(12-7)8-2-4-9(5-3-8)17(11,15)16;/h2-10H,1H3,(H2,17,19,20);2-6,12H,1H3,(H2,11,15,16);1H4. The molecule has 3 aromatic carbocycles. The maximum atomic E-state index is 11.5. The second-order valence-corrected chi connectivity index (χ2v) is 11.7. The van der Waals surface area contributed by atoms with Gasteiger partial charge in [0.05, 0.1) is 21.0 Å². The van der Waals surface area contributed by atoms with E-state index >= 15 is 0 Å². The number of nitrogens with one attached hydrogen (secondary N) is 1. The average Bonchev–Trinajstić information content (AvgIpc) is 3.45. The van der Waals surface area contributed by atoms with Crippen molar-refractivity contribution in [3.8, 4) is 28.1 Å². The van der Waals surface area contributed by atoms with E-state index < -0.39 is 20.0 Å². The molecule has 0 saturated carbocycles. The molecule has 13 heteroatoms. The predicted octanol–water partition coefficient (Wildman–Crippen LogP) is 3.72. The minimum atomic E-state index is -3.70. The predicted molar refractivity (Wildman–Crippen MR) is 153 cm³/mol. The van der Waals surface area contributed by atoms with Crippen molar-refractivity contribution in [1.82, 2.24) is 14.9 Å². The van der Waals surface area contributed by atoms with E-state index in [2.05, 4.69) is 10.3 Å². The van der Waals surface area contributed by atoms with E-state index in [1.165, 1.54) is 47.1 Å². The van der Waals surface area contributed by atoms with Crippen molar-refractivity contribution in [3.05, 3.63) is 107 Å². The van der Waals surface area contributed by atoms with Gasteiger partial charge in [0, 0.05) is 17.3 Å². The molecule has 5 rings (SSSR count). The summed E-state index contributed by atoms with van der Waals surface area (Å²) >= 11 is 0. The molecule has 0 radical (unpaired) electrons. The summed E-state index contributed by atoms with van der Waals surface area (Å²) < 4.78 is 51.4. The van der Waals surface area contributed by atoms with Crippen molar-refractivity contribution in [1.29, 1.82) is 0 Å². The van der Waals surface area contributed by atoms with Gasteiger partial charge in [0.25, 0.3) is 5.56 Å². The lowest BCUT2D eigenvalue weighted by Crippen LogP contribution is -2.15. The van der Waals surface area contributed by atoms with Crippen LogP contribution >= 0.6 is 0 Å². The highest BCUT2D eigenvalue weighted by Gasteiger charge is 2.17. The second-order valence-electron chi connectivity index (χ2n) is 8.55. The largest absolute Gasteiger partial charge is 0.360 e. The van der Waals surface area contributed by atoms with E-state index in [-0.39, 0.29) is 22.8 Å². The van der Waals surface area contributed by atoms with Crippen LogP contribution in [0.4, 0.5) is 0 Å². The summed E-state index contributed by atoms with van der Waals surface area (Å²) in [6, 6.07) is 23.2. The van der Waals surface area contributed by atoms with E-state index in [1.807, 2.05) is 37.3 Å². The zero-order chi connectivity index (χ0) is 28.4. The third-order valence-corrected chi connectivity index (χ3v) is 7.51. The van der Waals surface area contributed by atoms with Crippen molar-refractivity contribution in [2.75, 3.05) is 0 Å². The van der Waals surface area contributed by atoms with E-state index in [0.717, 1.165) is 28.1 Å². The van der Waals surface area contributed by atoms with Crippen LogP contribution in [-0.4, -0.2) is 31.8 Å². The summed E-state index contributed by atoms with van der Waals surface area (Å²) in [5.74, 6) is 0.669. The summed E-state index contributed by atoms with van der Waals surface area (Å²) in [5.41, 5.74) is 4.40. The van der Waals surface area contributed by atoms with Gasteiger partial charge in [0.1, 0.15) is 11.5 Å². The van der Waals surface area contributed by atoms with Crippen molar-refractivity contribution >= 4 is 20.0 Å². The first kappa shape index (κ1) is 30.2. The monoisotopic (exact) mass is 583 g/mol. The Morgan fingerprint density at radius 3 is 1.77 bits per heavy atom. The zero-order valence-corrected chi connectivity index (χ0v) is 22.5. The van der Waals surface area contributed by atoms with E-state index in [1.54, 1.807) is 19.1 Å². The normalized spacial score (nSPS) is 11.3. The van der Waals surface area contributed by atoms with Gasteiger partial charge in [0.2, 0.25) is 20.0 Å². The Labute approximate surface area is 232 Å². The number of rotatable bonds is 5. The van der Waals surface area contributed by atoms with Crippen molar-refractivity contribution in [2.24, 2.45) is 10.3 Å². The Balaban J connectivity index is 0.000000222. The fourth-order valence-corrected chi connectivity index (χ4v) is 4.84. The summed E-state index contributed by atoms with van der Waals surface area (Å²) in [6.45, 7) is 3.58. The van der Waals surface area contributed by atoms with Crippen molar-refractivity contribution in [3.63, 3.8) is 0 Å². The third kappa shape index (κ3) is 6.82. The lowest BCUT2D eigenvalue weighted by Gasteiger charge is -2.04. The molecule has 0 aliphatic heterocycles. The van der Waals surface area contributed by atoms with Gasteiger partial charge in [-0.3, -0.25) is 9.89 Å². The van der Waals surface area contributed by atoms with Crippen LogP contribution in [0.1, 0.15) is 18.9 Å². The molecule has 0 amide bonds. The van der Waals surface area contributed by atoms with Gasteiger partial charge in [0.15, 0.2) is 0 Å². The van der Waals surface area contributed by atoms with Crippen LogP contribution < -0.4 is 15.8 Å². The molecule has 0 fully saturated rings. The molecule has 5 N–H and O–H groups in total. The minimum absolute atomic E-state index is 0. The smallest absolute Gasteiger partial charge is 0.271 e. The number of sulfonamides is 2. The van der Waals surface area contributed by atoms with Gasteiger partial charge in [-0.15, -0.1) is 0 Å². The number of aromatic nitrogens is 3. The zero-order valence-electron chi connectivity index (χ0n) is 20.9. The number of aromatic amines is 1. The number of nitrogens with zero attached hydrogens (tertiary/aromatic N) is 2. The Morgan fingerprint density at radius 2 is 1.30 bits per heavy atom. The van der Waals surface area contributed by atoms with Crippen LogP contribution in [-0.2, 0) is 20.0 Å². The molecule has 0 atom stereocenters. The van der Waals surface area contributed by atoms with Crippen LogP contribution in [0, 0.1) is 13.8 Å². The number of hydrogen-bond acceptors (Lipinski definition) is 7. The molecule has 0 unspecified atom stereocenters. The van der Waals surface area contributed by atoms with Crippen LogP contribution in [0.5, 0.6) is 0 Å². The molecule has 0 aliphatic carbocycles. The lowest BCUT2D eigenvalue weighted by atomic mass is 10.00.